The topological polar surface area (TPSA) is 56.9 Å². The Bertz CT molecular complexity index is 500. The van der Waals surface area contributed by atoms with Crippen LogP contribution in [0.25, 0.3) is 0 Å². The summed E-state index contributed by atoms with van der Waals surface area (Å²) in [5, 5.41) is 7.59. The summed E-state index contributed by atoms with van der Waals surface area (Å²) in [5.41, 5.74) is 1.03. The number of rotatable bonds is 5. The van der Waals surface area contributed by atoms with Crippen molar-refractivity contribution in [1.29, 1.82) is 0 Å². The fourth-order valence-corrected chi connectivity index (χ4v) is 2.97. The zero-order chi connectivity index (χ0) is 15.4. The van der Waals surface area contributed by atoms with Gasteiger partial charge >= 0.3 is 0 Å². The third-order valence-electron chi connectivity index (χ3n) is 4.48. The molecule has 0 radical (unpaired) electrons. The monoisotopic (exact) mass is 305 g/mol. The number of aliphatic imine (C=N–C) groups is 1. The molecule has 1 saturated carbocycles. The first-order valence-corrected chi connectivity index (χ1v) is 8.35. The van der Waals surface area contributed by atoms with Gasteiger partial charge in [-0.2, -0.15) is 0 Å². The molecule has 6 heteroatoms. The van der Waals surface area contributed by atoms with Crippen molar-refractivity contribution >= 4 is 5.96 Å². The number of guanidine groups is 1. The van der Waals surface area contributed by atoms with E-state index in [1.807, 2.05) is 20.0 Å². The third kappa shape index (κ3) is 4.22. The average Bonchev–Trinajstić information content (AvgIpc) is 3.26. The number of hydrogen-bond donors (Lipinski definition) is 1. The Morgan fingerprint density at radius 1 is 1.36 bits per heavy atom. The Morgan fingerprint density at radius 3 is 2.73 bits per heavy atom. The van der Waals surface area contributed by atoms with E-state index in [2.05, 4.69) is 25.3 Å². The molecular formula is C16H27N5O. The number of piperazine rings is 1. The van der Waals surface area contributed by atoms with Gasteiger partial charge in [-0.05, 0) is 19.3 Å². The van der Waals surface area contributed by atoms with Crippen LogP contribution in [0.1, 0.15) is 30.7 Å². The lowest BCUT2D eigenvalue weighted by molar-refractivity contribution is 0.169. The molecule has 1 aliphatic heterocycles. The third-order valence-corrected chi connectivity index (χ3v) is 4.48. The molecule has 1 aromatic rings. The van der Waals surface area contributed by atoms with Crippen molar-refractivity contribution in [3.8, 4) is 0 Å². The summed E-state index contributed by atoms with van der Waals surface area (Å²) in [6.07, 6.45) is 4.12. The molecule has 3 rings (SSSR count). The van der Waals surface area contributed by atoms with E-state index in [1.54, 1.807) is 0 Å². The molecule has 1 aromatic heterocycles. The highest BCUT2D eigenvalue weighted by Gasteiger charge is 2.22. The zero-order valence-corrected chi connectivity index (χ0v) is 13.7. The van der Waals surface area contributed by atoms with E-state index in [1.165, 1.54) is 19.3 Å². The number of nitrogens with zero attached hydrogens (tertiary/aromatic N) is 4. The van der Waals surface area contributed by atoms with Gasteiger partial charge in [-0.25, -0.2) is 0 Å². The Balaban J connectivity index is 1.41. The van der Waals surface area contributed by atoms with Crippen LogP contribution >= 0.6 is 0 Å². The molecule has 122 valence electrons. The standard InChI is InChI=1S/C16H27N5O/c1-13-11-15(19-22-13)12-20-7-9-21(10-8-20)16(17-2)18-6-5-14-3-4-14/h11,14H,3-10,12H2,1-2H3,(H,17,18). The summed E-state index contributed by atoms with van der Waals surface area (Å²) in [6, 6.07) is 2.02. The number of hydrogen-bond acceptors (Lipinski definition) is 4. The van der Waals surface area contributed by atoms with Crippen molar-refractivity contribution in [3.05, 3.63) is 17.5 Å². The van der Waals surface area contributed by atoms with Gasteiger partial charge in [0.15, 0.2) is 5.96 Å². The van der Waals surface area contributed by atoms with Crippen molar-refractivity contribution in [2.24, 2.45) is 10.9 Å². The van der Waals surface area contributed by atoms with E-state index < -0.39 is 0 Å². The number of aromatic nitrogens is 1. The fraction of sp³-hybridized carbons (Fsp3) is 0.750. The van der Waals surface area contributed by atoms with Gasteiger partial charge in [-0.1, -0.05) is 18.0 Å². The van der Waals surface area contributed by atoms with Crippen molar-refractivity contribution < 1.29 is 4.52 Å². The number of nitrogens with one attached hydrogen (secondary N) is 1. The second-order valence-corrected chi connectivity index (χ2v) is 6.40. The van der Waals surface area contributed by atoms with Gasteiger partial charge in [0, 0.05) is 52.4 Å². The molecular weight excluding hydrogens is 278 g/mol. The van der Waals surface area contributed by atoms with E-state index >= 15 is 0 Å². The van der Waals surface area contributed by atoms with E-state index in [-0.39, 0.29) is 0 Å². The van der Waals surface area contributed by atoms with Crippen LogP contribution in [0.15, 0.2) is 15.6 Å². The van der Waals surface area contributed by atoms with E-state index in [9.17, 15) is 0 Å². The highest BCUT2D eigenvalue weighted by Crippen LogP contribution is 2.31. The van der Waals surface area contributed by atoms with Crippen LogP contribution in [0.3, 0.4) is 0 Å². The first-order chi connectivity index (χ1) is 10.7. The molecule has 2 aliphatic rings. The molecule has 0 amide bonds. The van der Waals surface area contributed by atoms with Gasteiger partial charge in [0.2, 0.25) is 0 Å². The van der Waals surface area contributed by atoms with Crippen molar-refractivity contribution in [2.75, 3.05) is 39.8 Å². The Kier molecular flexibility index (Phi) is 4.97. The van der Waals surface area contributed by atoms with E-state index in [4.69, 9.17) is 4.52 Å². The molecule has 1 saturated heterocycles. The molecule has 6 nitrogen and oxygen atoms in total. The van der Waals surface area contributed by atoms with E-state index in [0.717, 1.165) is 62.6 Å². The average molecular weight is 305 g/mol. The normalized spacial score (nSPS) is 20.5. The van der Waals surface area contributed by atoms with Crippen LogP contribution in [0.5, 0.6) is 0 Å². The van der Waals surface area contributed by atoms with Gasteiger partial charge in [0.25, 0.3) is 0 Å². The second-order valence-electron chi connectivity index (χ2n) is 6.40. The van der Waals surface area contributed by atoms with Crippen LogP contribution in [-0.2, 0) is 6.54 Å². The van der Waals surface area contributed by atoms with Gasteiger partial charge < -0.3 is 14.7 Å². The molecule has 1 N–H and O–H groups in total. The van der Waals surface area contributed by atoms with Gasteiger partial charge in [-0.15, -0.1) is 0 Å². The van der Waals surface area contributed by atoms with Gasteiger partial charge in [0.05, 0.1) is 5.69 Å². The smallest absolute Gasteiger partial charge is 0.193 e. The van der Waals surface area contributed by atoms with Crippen molar-refractivity contribution in [3.63, 3.8) is 0 Å². The summed E-state index contributed by atoms with van der Waals surface area (Å²) in [7, 11) is 1.88. The zero-order valence-electron chi connectivity index (χ0n) is 13.7. The quantitative estimate of drug-likeness (QED) is 0.659. The summed E-state index contributed by atoms with van der Waals surface area (Å²) >= 11 is 0. The van der Waals surface area contributed by atoms with Gasteiger partial charge in [0.1, 0.15) is 5.76 Å². The molecule has 0 unspecified atom stereocenters. The molecule has 1 aliphatic carbocycles. The second kappa shape index (κ2) is 7.13. The van der Waals surface area contributed by atoms with Crippen LogP contribution in [0.4, 0.5) is 0 Å². The Labute approximate surface area is 132 Å². The highest BCUT2D eigenvalue weighted by molar-refractivity contribution is 5.79. The van der Waals surface area contributed by atoms with Crippen LogP contribution < -0.4 is 5.32 Å². The van der Waals surface area contributed by atoms with Crippen LogP contribution in [0, 0.1) is 12.8 Å². The van der Waals surface area contributed by atoms with Gasteiger partial charge in [-0.3, -0.25) is 9.89 Å². The summed E-state index contributed by atoms with van der Waals surface area (Å²) in [5.74, 6) is 2.90. The van der Waals surface area contributed by atoms with Crippen LogP contribution in [-0.4, -0.2) is 60.7 Å². The predicted molar refractivity (Wildman–Crippen MR) is 86.8 cm³/mol. The highest BCUT2D eigenvalue weighted by atomic mass is 16.5. The maximum atomic E-state index is 5.14. The SMILES string of the molecule is CN=C(NCCC1CC1)N1CCN(Cc2cc(C)on2)CC1. The van der Waals surface area contributed by atoms with Crippen LogP contribution in [0.2, 0.25) is 0 Å². The minimum absolute atomic E-state index is 0.874. The van der Waals surface area contributed by atoms with Crippen molar-refractivity contribution in [1.82, 2.24) is 20.3 Å². The van der Waals surface area contributed by atoms with E-state index in [0.29, 0.717) is 0 Å². The lowest BCUT2D eigenvalue weighted by Crippen LogP contribution is -2.52. The Hall–Kier alpha value is -1.56. The predicted octanol–water partition coefficient (Wildman–Crippen LogP) is 1.48. The molecule has 2 heterocycles. The lowest BCUT2D eigenvalue weighted by atomic mass is 10.3. The molecule has 0 aromatic carbocycles. The Morgan fingerprint density at radius 2 is 2.14 bits per heavy atom. The molecule has 2 fully saturated rings. The molecule has 22 heavy (non-hydrogen) atoms. The summed E-state index contributed by atoms with van der Waals surface area (Å²) in [6.45, 7) is 7.96. The maximum Gasteiger partial charge on any atom is 0.193 e. The maximum absolute atomic E-state index is 5.14. The number of aryl methyl sites for hydroxylation is 1. The first-order valence-electron chi connectivity index (χ1n) is 8.35. The van der Waals surface area contributed by atoms with Crippen molar-refractivity contribution in [2.45, 2.75) is 32.7 Å². The summed E-state index contributed by atoms with van der Waals surface area (Å²) < 4.78 is 5.14. The summed E-state index contributed by atoms with van der Waals surface area (Å²) in [4.78, 5) is 9.21. The molecule has 0 spiro atoms. The minimum Gasteiger partial charge on any atom is -0.361 e. The minimum atomic E-state index is 0.874. The first kappa shape index (κ1) is 15.3. The molecule has 0 bridgehead atoms. The fourth-order valence-electron chi connectivity index (χ4n) is 2.97. The largest absolute Gasteiger partial charge is 0.361 e. The lowest BCUT2D eigenvalue weighted by Gasteiger charge is -2.36. The molecule has 0 atom stereocenters.